The van der Waals surface area contributed by atoms with Crippen LogP contribution in [0.1, 0.15) is 27.2 Å². The van der Waals surface area contributed by atoms with E-state index in [1.807, 2.05) is 20.8 Å². The summed E-state index contributed by atoms with van der Waals surface area (Å²) in [6.45, 7) is 5.98. The lowest BCUT2D eigenvalue weighted by molar-refractivity contribution is 0.756. The van der Waals surface area contributed by atoms with Gasteiger partial charge in [-0.2, -0.15) is 0 Å². The number of halogens is 2. The molecule has 0 heterocycles. The fourth-order valence-electron chi connectivity index (χ4n) is 0.606. The second-order valence-corrected chi connectivity index (χ2v) is 3.85. The summed E-state index contributed by atoms with van der Waals surface area (Å²) in [7, 11) is 0. The standard InChI is InChI=1S/C7H13Cl2/c1-5(7(3)9)4-6(2)8/h6-7H,4H2,1-3H3. The van der Waals surface area contributed by atoms with Gasteiger partial charge in [-0.25, -0.2) is 0 Å². The smallest absolute Gasteiger partial charge is 0.0367 e. The third-order valence-electron chi connectivity index (χ3n) is 1.28. The largest absolute Gasteiger partial charge is 0.123 e. The van der Waals surface area contributed by atoms with Crippen LogP contribution in [0.2, 0.25) is 0 Å². The van der Waals surface area contributed by atoms with Crippen molar-refractivity contribution in [2.75, 3.05) is 0 Å². The van der Waals surface area contributed by atoms with Crippen molar-refractivity contribution in [1.82, 2.24) is 0 Å². The van der Waals surface area contributed by atoms with E-state index in [-0.39, 0.29) is 10.8 Å². The Balaban J connectivity index is 3.38. The van der Waals surface area contributed by atoms with E-state index in [0.717, 1.165) is 6.42 Å². The normalized spacial score (nSPS) is 18.0. The molecule has 0 aromatic rings. The summed E-state index contributed by atoms with van der Waals surface area (Å²) in [5.41, 5.74) is 0. The Bertz CT molecular complexity index is 69.3. The summed E-state index contributed by atoms with van der Waals surface area (Å²) in [6, 6.07) is 0. The van der Waals surface area contributed by atoms with Crippen LogP contribution in [-0.2, 0) is 0 Å². The first-order valence-electron chi connectivity index (χ1n) is 3.14. The predicted octanol–water partition coefficient (Wildman–Crippen LogP) is 3.23. The van der Waals surface area contributed by atoms with Gasteiger partial charge in [-0.1, -0.05) is 6.92 Å². The van der Waals surface area contributed by atoms with E-state index in [2.05, 4.69) is 0 Å². The molecule has 0 N–H and O–H groups in total. The zero-order chi connectivity index (χ0) is 7.44. The van der Waals surface area contributed by atoms with E-state index in [1.165, 1.54) is 5.92 Å². The average molecular weight is 168 g/mol. The molecule has 0 aromatic heterocycles. The molecule has 0 saturated heterocycles. The molecule has 0 nitrogen and oxygen atoms in total. The van der Waals surface area contributed by atoms with Gasteiger partial charge in [0.25, 0.3) is 0 Å². The lowest BCUT2D eigenvalue weighted by Gasteiger charge is -2.13. The van der Waals surface area contributed by atoms with E-state index in [0.29, 0.717) is 0 Å². The van der Waals surface area contributed by atoms with Crippen molar-refractivity contribution in [2.24, 2.45) is 0 Å². The number of alkyl halides is 2. The first-order valence-corrected chi connectivity index (χ1v) is 4.01. The van der Waals surface area contributed by atoms with Crippen LogP contribution in [0.5, 0.6) is 0 Å². The van der Waals surface area contributed by atoms with Gasteiger partial charge in [-0.3, -0.25) is 0 Å². The lowest BCUT2D eigenvalue weighted by Crippen LogP contribution is -2.08. The predicted molar refractivity (Wildman–Crippen MR) is 44.2 cm³/mol. The van der Waals surface area contributed by atoms with E-state index < -0.39 is 0 Å². The molecule has 2 atom stereocenters. The molecule has 0 bridgehead atoms. The van der Waals surface area contributed by atoms with Gasteiger partial charge < -0.3 is 0 Å². The summed E-state index contributed by atoms with van der Waals surface area (Å²) in [6.07, 6.45) is 0.923. The van der Waals surface area contributed by atoms with Crippen molar-refractivity contribution in [3.8, 4) is 0 Å². The first kappa shape index (κ1) is 9.58. The average Bonchev–Trinajstić information content (AvgIpc) is 1.63. The molecule has 55 valence electrons. The van der Waals surface area contributed by atoms with Crippen LogP contribution < -0.4 is 0 Å². The van der Waals surface area contributed by atoms with Crippen LogP contribution >= 0.6 is 23.2 Å². The fraction of sp³-hybridized carbons (Fsp3) is 0.857. The van der Waals surface area contributed by atoms with E-state index in [1.54, 1.807) is 0 Å². The van der Waals surface area contributed by atoms with Gasteiger partial charge in [-0.15, -0.1) is 23.2 Å². The highest BCUT2D eigenvalue weighted by Gasteiger charge is 2.11. The molecule has 0 aromatic carbocycles. The quantitative estimate of drug-likeness (QED) is 0.567. The van der Waals surface area contributed by atoms with Crippen LogP contribution in [0.3, 0.4) is 0 Å². The molecule has 0 amide bonds. The zero-order valence-corrected chi connectivity index (χ0v) is 7.63. The molecule has 2 heteroatoms. The Labute approximate surface area is 67.5 Å². The Morgan fingerprint density at radius 2 is 1.78 bits per heavy atom. The number of hydrogen-bond acceptors (Lipinski definition) is 0. The van der Waals surface area contributed by atoms with E-state index in [9.17, 15) is 0 Å². The van der Waals surface area contributed by atoms with Gasteiger partial charge in [0.15, 0.2) is 0 Å². The Morgan fingerprint density at radius 1 is 1.33 bits per heavy atom. The highest BCUT2D eigenvalue weighted by Crippen LogP contribution is 2.19. The number of hydrogen-bond donors (Lipinski definition) is 0. The summed E-state index contributed by atoms with van der Waals surface area (Å²) in [4.78, 5) is 0. The molecule has 0 aliphatic carbocycles. The maximum absolute atomic E-state index is 5.78. The second-order valence-electron chi connectivity index (χ2n) is 2.45. The Kier molecular flexibility index (Phi) is 4.69. The Hall–Kier alpha value is 0.580. The third kappa shape index (κ3) is 5.05. The van der Waals surface area contributed by atoms with Gasteiger partial charge in [0.1, 0.15) is 0 Å². The van der Waals surface area contributed by atoms with E-state index >= 15 is 0 Å². The van der Waals surface area contributed by atoms with Crippen molar-refractivity contribution in [3.05, 3.63) is 5.92 Å². The minimum absolute atomic E-state index is 0.159. The minimum Gasteiger partial charge on any atom is -0.123 e. The lowest BCUT2D eigenvalue weighted by atomic mass is 10.0. The summed E-state index contributed by atoms with van der Waals surface area (Å²) >= 11 is 11.5. The molecule has 0 rings (SSSR count). The van der Waals surface area contributed by atoms with Crippen molar-refractivity contribution < 1.29 is 0 Å². The molecule has 0 spiro atoms. The summed E-state index contributed by atoms with van der Waals surface area (Å²) < 4.78 is 0. The molecule has 0 aliphatic rings. The van der Waals surface area contributed by atoms with Gasteiger partial charge in [0.05, 0.1) is 0 Å². The van der Waals surface area contributed by atoms with Crippen LogP contribution in [-0.4, -0.2) is 10.8 Å². The van der Waals surface area contributed by atoms with Crippen LogP contribution in [0, 0.1) is 5.92 Å². The van der Waals surface area contributed by atoms with Crippen LogP contribution in [0.4, 0.5) is 0 Å². The maximum atomic E-state index is 5.78. The molecule has 1 radical (unpaired) electrons. The van der Waals surface area contributed by atoms with E-state index in [4.69, 9.17) is 23.2 Å². The SMILES string of the molecule is C[C](CC(C)Cl)C(C)Cl. The maximum Gasteiger partial charge on any atom is 0.0367 e. The van der Waals surface area contributed by atoms with Crippen molar-refractivity contribution in [1.29, 1.82) is 0 Å². The van der Waals surface area contributed by atoms with Crippen molar-refractivity contribution in [2.45, 2.75) is 37.9 Å². The third-order valence-corrected chi connectivity index (χ3v) is 1.81. The van der Waals surface area contributed by atoms with Crippen LogP contribution in [0.25, 0.3) is 0 Å². The monoisotopic (exact) mass is 167 g/mol. The van der Waals surface area contributed by atoms with Crippen molar-refractivity contribution >= 4 is 23.2 Å². The van der Waals surface area contributed by atoms with Gasteiger partial charge in [0.2, 0.25) is 0 Å². The Morgan fingerprint density at radius 3 is 1.89 bits per heavy atom. The molecule has 0 saturated carbocycles. The highest BCUT2D eigenvalue weighted by molar-refractivity contribution is 6.22. The molecule has 2 unspecified atom stereocenters. The highest BCUT2D eigenvalue weighted by atomic mass is 35.5. The summed E-state index contributed by atoms with van der Waals surface area (Å²) in [5.74, 6) is 1.26. The number of rotatable bonds is 3. The van der Waals surface area contributed by atoms with Gasteiger partial charge >= 0.3 is 0 Å². The van der Waals surface area contributed by atoms with Gasteiger partial charge in [-0.05, 0) is 26.2 Å². The summed E-state index contributed by atoms with van der Waals surface area (Å²) in [5, 5.41) is 0.373. The molecule has 0 fully saturated rings. The molecule has 0 aliphatic heterocycles. The zero-order valence-electron chi connectivity index (χ0n) is 6.12. The van der Waals surface area contributed by atoms with Crippen molar-refractivity contribution in [3.63, 3.8) is 0 Å². The molecular weight excluding hydrogens is 155 g/mol. The van der Waals surface area contributed by atoms with Gasteiger partial charge in [0, 0.05) is 10.8 Å². The fourth-order valence-corrected chi connectivity index (χ4v) is 0.939. The second kappa shape index (κ2) is 4.40. The molecular formula is C7H13Cl2. The first-order chi connectivity index (χ1) is 4.04. The minimum atomic E-state index is 0.159. The topological polar surface area (TPSA) is 0 Å². The van der Waals surface area contributed by atoms with Crippen LogP contribution in [0.15, 0.2) is 0 Å². The molecule has 9 heavy (non-hydrogen) atoms.